The first-order valence-electron chi connectivity index (χ1n) is 7.47. The number of carbonyl (C=O) groups excluding carboxylic acids is 1. The van der Waals surface area contributed by atoms with Gasteiger partial charge in [0.25, 0.3) is 0 Å². The molecule has 0 N–H and O–H groups in total. The van der Waals surface area contributed by atoms with Crippen molar-refractivity contribution in [1.82, 2.24) is 9.88 Å². The van der Waals surface area contributed by atoms with Crippen molar-refractivity contribution < 1.29 is 9.53 Å². The third kappa shape index (κ3) is 3.48. The molecule has 1 atom stereocenters. The number of likely N-dealkylation sites (N-methyl/N-ethyl adjacent to an activating group) is 1. The number of aromatic nitrogens is 1. The molecule has 4 heteroatoms. The van der Waals surface area contributed by atoms with Crippen LogP contribution in [0.5, 0.6) is 0 Å². The Morgan fingerprint density at radius 1 is 1.22 bits per heavy atom. The van der Waals surface area contributed by atoms with Gasteiger partial charge in [-0.1, -0.05) is 30.3 Å². The molecule has 0 radical (unpaired) electrons. The third-order valence-corrected chi connectivity index (χ3v) is 3.70. The highest BCUT2D eigenvalue weighted by molar-refractivity contribution is 6.01. The van der Waals surface area contributed by atoms with Crippen molar-refractivity contribution in [2.24, 2.45) is 0 Å². The summed E-state index contributed by atoms with van der Waals surface area (Å²) in [4.78, 5) is 18.7. The van der Waals surface area contributed by atoms with Gasteiger partial charge in [-0.05, 0) is 36.0 Å². The second kappa shape index (κ2) is 6.92. The normalized spacial score (nSPS) is 16.8. The Kier molecular flexibility index (Phi) is 4.52. The molecule has 0 saturated carbocycles. The number of pyridine rings is 1. The Morgan fingerprint density at radius 3 is 2.78 bits per heavy atom. The molecule has 1 aromatic heterocycles. The fraction of sp³-hybridized carbons (Fsp3) is 0.158. The van der Waals surface area contributed by atoms with Crippen LogP contribution in [0.3, 0.4) is 0 Å². The molecule has 0 bridgehead atoms. The molecule has 4 nitrogen and oxygen atoms in total. The van der Waals surface area contributed by atoms with Gasteiger partial charge in [0.2, 0.25) is 0 Å². The number of rotatable bonds is 5. The molecule has 1 unspecified atom stereocenters. The molecule has 3 rings (SSSR count). The van der Waals surface area contributed by atoms with E-state index in [0.717, 1.165) is 5.56 Å². The SMILES string of the molecule is CN1C=CC=C(OCc2ccccc2)C1C(=O)c1cccnc1. The lowest BCUT2D eigenvalue weighted by atomic mass is 10.0. The molecule has 2 aromatic rings. The van der Waals surface area contributed by atoms with Gasteiger partial charge in [-0.2, -0.15) is 0 Å². The number of benzene rings is 1. The second-order valence-electron chi connectivity index (χ2n) is 5.36. The predicted octanol–water partition coefficient (Wildman–Crippen LogP) is 3.19. The lowest BCUT2D eigenvalue weighted by Crippen LogP contribution is -2.39. The molecule has 2 heterocycles. The standard InChI is InChI=1S/C19H18N2O2/c1-21-12-6-10-17(23-14-15-7-3-2-4-8-15)18(21)19(22)16-9-5-11-20-13-16/h2-13,18H,14H2,1H3. The number of ketones is 1. The van der Waals surface area contributed by atoms with Gasteiger partial charge in [-0.15, -0.1) is 0 Å². The zero-order chi connectivity index (χ0) is 16.1. The lowest BCUT2D eigenvalue weighted by molar-refractivity contribution is 0.0814. The molecule has 0 saturated heterocycles. The fourth-order valence-electron chi connectivity index (χ4n) is 2.50. The summed E-state index contributed by atoms with van der Waals surface area (Å²) in [6, 6.07) is 13.0. The summed E-state index contributed by atoms with van der Waals surface area (Å²) in [6.45, 7) is 0.436. The minimum Gasteiger partial charge on any atom is -0.491 e. The lowest BCUT2D eigenvalue weighted by Gasteiger charge is -2.30. The van der Waals surface area contributed by atoms with Gasteiger partial charge < -0.3 is 9.64 Å². The molecule has 116 valence electrons. The Hall–Kier alpha value is -2.88. The molecule has 0 fully saturated rings. The molecular formula is C19H18N2O2. The van der Waals surface area contributed by atoms with Gasteiger partial charge in [-0.25, -0.2) is 0 Å². The summed E-state index contributed by atoms with van der Waals surface area (Å²) in [6.07, 6.45) is 8.84. The Labute approximate surface area is 135 Å². The van der Waals surface area contributed by atoms with E-state index in [1.807, 2.05) is 60.6 Å². The highest BCUT2D eigenvalue weighted by Crippen LogP contribution is 2.21. The molecule has 0 amide bonds. The fourth-order valence-corrected chi connectivity index (χ4v) is 2.50. The van der Waals surface area contributed by atoms with E-state index in [0.29, 0.717) is 17.9 Å². The molecule has 1 aromatic carbocycles. The first kappa shape index (κ1) is 15.0. The van der Waals surface area contributed by atoms with Crippen molar-refractivity contribution in [2.45, 2.75) is 12.6 Å². The van der Waals surface area contributed by atoms with E-state index in [9.17, 15) is 4.79 Å². The van der Waals surface area contributed by atoms with Crippen molar-refractivity contribution in [3.05, 3.63) is 90.1 Å². The van der Waals surface area contributed by atoms with Gasteiger partial charge in [0.15, 0.2) is 5.78 Å². The van der Waals surface area contributed by atoms with Crippen LogP contribution < -0.4 is 0 Å². The number of carbonyl (C=O) groups is 1. The quantitative estimate of drug-likeness (QED) is 0.796. The van der Waals surface area contributed by atoms with Crippen LogP contribution in [0.1, 0.15) is 15.9 Å². The second-order valence-corrected chi connectivity index (χ2v) is 5.36. The summed E-state index contributed by atoms with van der Waals surface area (Å²) in [5.74, 6) is 0.622. The number of nitrogens with zero attached hydrogens (tertiary/aromatic N) is 2. The van der Waals surface area contributed by atoms with Crippen molar-refractivity contribution >= 4 is 5.78 Å². The maximum atomic E-state index is 12.8. The monoisotopic (exact) mass is 306 g/mol. The first-order chi connectivity index (χ1) is 11.3. The van der Waals surface area contributed by atoms with E-state index in [1.54, 1.807) is 24.5 Å². The smallest absolute Gasteiger partial charge is 0.194 e. The zero-order valence-corrected chi connectivity index (χ0v) is 12.9. The highest BCUT2D eigenvalue weighted by Gasteiger charge is 2.29. The topological polar surface area (TPSA) is 42.4 Å². The van der Waals surface area contributed by atoms with Crippen LogP contribution in [0.15, 0.2) is 79.0 Å². The number of hydrogen-bond acceptors (Lipinski definition) is 4. The molecule has 1 aliphatic rings. The van der Waals surface area contributed by atoms with Crippen molar-refractivity contribution in [1.29, 1.82) is 0 Å². The van der Waals surface area contributed by atoms with Gasteiger partial charge in [0.05, 0.1) is 0 Å². The van der Waals surface area contributed by atoms with E-state index < -0.39 is 6.04 Å². The first-order valence-corrected chi connectivity index (χ1v) is 7.47. The van der Waals surface area contributed by atoms with Crippen molar-refractivity contribution in [3.63, 3.8) is 0 Å². The van der Waals surface area contributed by atoms with E-state index in [4.69, 9.17) is 4.74 Å². The maximum absolute atomic E-state index is 12.8. The molecule has 0 spiro atoms. The molecule has 0 aliphatic carbocycles. The summed E-state index contributed by atoms with van der Waals surface area (Å²) in [5.41, 5.74) is 1.65. The number of Topliss-reactive ketones (excluding diaryl/α,β-unsaturated/α-hetero) is 1. The van der Waals surface area contributed by atoms with E-state index in [-0.39, 0.29) is 5.78 Å². The summed E-state index contributed by atoms with van der Waals surface area (Å²) >= 11 is 0. The highest BCUT2D eigenvalue weighted by atomic mass is 16.5. The number of hydrogen-bond donors (Lipinski definition) is 0. The van der Waals surface area contributed by atoms with Gasteiger partial charge >= 0.3 is 0 Å². The van der Waals surface area contributed by atoms with Crippen LogP contribution in [-0.4, -0.2) is 28.8 Å². The van der Waals surface area contributed by atoms with Crippen molar-refractivity contribution in [3.8, 4) is 0 Å². The van der Waals surface area contributed by atoms with Gasteiger partial charge in [0, 0.05) is 25.0 Å². The van der Waals surface area contributed by atoms with Gasteiger partial charge in [-0.3, -0.25) is 9.78 Å². The predicted molar refractivity (Wildman–Crippen MR) is 88.6 cm³/mol. The Bertz CT molecular complexity index is 724. The third-order valence-electron chi connectivity index (χ3n) is 3.70. The van der Waals surface area contributed by atoms with E-state index >= 15 is 0 Å². The zero-order valence-electron chi connectivity index (χ0n) is 12.9. The van der Waals surface area contributed by atoms with Gasteiger partial charge in [0.1, 0.15) is 18.4 Å². The number of ether oxygens (including phenoxy) is 1. The number of allylic oxidation sites excluding steroid dienone is 2. The van der Waals surface area contributed by atoms with Crippen LogP contribution >= 0.6 is 0 Å². The Balaban J connectivity index is 1.78. The summed E-state index contributed by atoms with van der Waals surface area (Å²) in [7, 11) is 1.87. The largest absolute Gasteiger partial charge is 0.491 e. The van der Waals surface area contributed by atoms with Crippen LogP contribution in [0.2, 0.25) is 0 Å². The van der Waals surface area contributed by atoms with Crippen molar-refractivity contribution in [2.75, 3.05) is 7.05 Å². The van der Waals surface area contributed by atoms with Crippen LogP contribution in [0.4, 0.5) is 0 Å². The summed E-state index contributed by atoms with van der Waals surface area (Å²) in [5, 5.41) is 0. The average Bonchev–Trinajstić information content (AvgIpc) is 2.61. The van der Waals surface area contributed by atoms with Crippen LogP contribution in [0, 0.1) is 0 Å². The van der Waals surface area contributed by atoms with Crippen LogP contribution in [0.25, 0.3) is 0 Å². The maximum Gasteiger partial charge on any atom is 0.194 e. The average molecular weight is 306 g/mol. The van der Waals surface area contributed by atoms with Crippen LogP contribution in [-0.2, 0) is 11.3 Å². The molecular weight excluding hydrogens is 288 g/mol. The summed E-state index contributed by atoms with van der Waals surface area (Å²) < 4.78 is 5.92. The van der Waals surface area contributed by atoms with E-state index in [2.05, 4.69) is 4.98 Å². The molecule has 23 heavy (non-hydrogen) atoms. The minimum absolute atomic E-state index is 0.0238. The minimum atomic E-state index is -0.465. The van der Waals surface area contributed by atoms with E-state index in [1.165, 1.54) is 0 Å². The molecule has 1 aliphatic heterocycles. The Morgan fingerprint density at radius 2 is 2.04 bits per heavy atom.